The monoisotopic (exact) mass is 282 g/mol. The lowest BCUT2D eigenvalue weighted by atomic mass is 10.0. The highest BCUT2D eigenvalue weighted by molar-refractivity contribution is 6.31. The Morgan fingerprint density at radius 2 is 1.95 bits per heavy atom. The van der Waals surface area contributed by atoms with Crippen molar-refractivity contribution < 1.29 is 0 Å². The molecule has 3 heteroatoms. The van der Waals surface area contributed by atoms with Gasteiger partial charge < -0.3 is 10.6 Å². The first-order valence-corrected chi connectivity index (χ1v) is 7.68. The summed E-state index contributed by atoms with van der Waals surface area (Å²) < 4.78 is 0. The maximum atomic E-state index is 6.40. The van der Waals surface area contributed by atoms with Crippen LogP contribution >= 0.6 is 11.6 Å². The van der Waals surface area contributed by atoms with Gasteiger partial charge in [-0.2, -0.15) is 0 Å². The molecule has 1 atom stereocenters. The van der Waals surface area contributed by atoms with E-state index >= 15 is 0 Å². The lowest BCUT2D eigenvalue weighted by molar-refractivity contribution is 0.633. The van der Waals surface area contributed by atoms with Crippen molar-refractivity contribution in [1.29, 1.82) is 0 Å². The summed E-state index contributed by atoms with van der Waals surface area (Å²) in [6.45, 7) is 9.82. The molecule has 0 fully saturated rings. The van der Waals surface area contributed by atoms with Gasteiger partial charge in [-0.05, 0) is 50.8 Å². The zero-order chi connectivity index (χ0) is 14.4. The Balaban J connectivity index is 3.13. The van der Waals surface area contributed by atoms with Gasteiger partial charge in [0, 0.05) is 29.3 Å². The molecule has 0 bridgehead atoms. The number of rotatable bonds is 7. The van der Waals surface area contributed by atoms with E-state index in [-0.39, 0.29) is 6.04 Å². The second-order valence-electron chi connectivity index (χ2n) is 5.40. The molecule has 0 radical (unpaired) electrons. The van der Waals surface area contributed by atoms with Crippen LogP contribution in [0.25, 0.3) is 0 Å². The van der Waals surface area contributed by atoms with E-state index in [4.69, 9.17) is 17.3 Å². The maximum absolute atomic E-state index is 6.40. The number of nitrogens with two attached hydrogens (primary N) is 1. The Morgan fingerprint density at radius 3 is 2.47 bits per heavy atom. The largest absolute Gasteiger partial charge is 0.369 e. The number of benzene rings is 1. The van der Waals surface area contributed by atoms with Gasteiger partial charge in [-0.15, -0.1) is 0 Å². The molecular weight excluding hydrogens is 256 g/mol. The second-order valence-corrected chi connectivity index (χ2v) is 5.80. The molecule has 0 heterocycles. The van der Waals surface area contributed by atoms with Gasteiger partial charge in [0.1, 0.15) is 0 Å². The van der Waals surface area contributed by atoms with Gasteiger partial charge in [0.25, 0.3) is 0 Å². The summed E-state index contributed by atoms with van der Waals surface area (Å²) in [5, 5.41) is 0.836. The summed E-state index contributed by atoms with van der Waals surface area (Å²) in [6, 6.07) is 6.81. The Morgan fingerprint density at radius 1 is 1.26 bits per heavy atom. The first-order chi connectivity index (χ1) is 9.01. The molecule has 19 heavy (non-hydrogen) atoms. The molecule has 2 N–H and O–H groups in total. The fourth-order valence-corrected chi connectivity index (χ4v) is 2.57. The summed E-state index contributed by atoms with van der Waals surface area (Å²) in [4.78, 5) is 2.42. The van der Waals surface area contributed by atoms with Crippen LogP contribution in [0.1, 0.15) is 46.1 Å². The first-order valence-electron chi connectivity index (χ1n) is 7.30. The molecule has 1 aromatic rings. The van der Waals surface area contributed by atoms with Crippen LogP contribution in [0.5, 0.6) is 0 Å². The van der Waals surface area contributed by atoms with E-state index < -0.39 is 0 Å². The minimum atomic E-state index is 0.175. The molecule has 0 aromatic heterocycles. The molecule has 108 valence electrons. The van der Waals surface area contributed by atoms with Crippen LogP contribution in [0.4, 0.5) is 5.69 Å². The molecule has 1 rings (SSSR count). The van der Waals surface area contributed by atoms with Crippen molar-refractivity contribution in [3.05, 3.63) is 28.8 Å². The fourth-order valence-electron chi connectivity index (χ4n) is 2.32. The Bertz CT molecular complexity index is 390. The number of nitrogens with zero attached hydrogens (tertiary/aromatic N) is 1. The third-order valence-electron chi connectivity index (χ3n) is 3.48. The van der Waals surface area contributed by atoms with Crippen molar-refractivity contribution in [3.8, 4) is 0 Å². The number of halogens is 1. The minimum Gasteiger partial charge on any atom is -0.369 e. The van der Waals surface area contributed by atoms with Crippen LogP contribution in [-0.4, -0.2) is 18.6 Å². The molecule has 2 nitrogen and oxygen atoms in total. The average Bonchev–Trinajstić information content (AvgIpc) is 2.38. The lowest BCUT2D eigenvalue weighted by Crippen LogP contribution is -2.33. The Kier molecular flexibility index (Phi) is 6.67. The summed E-state index contributed by atoms with van der Waals surface area (Å²) in [5.41, 5.74) is 8.55. The number of hydrogen-bond acceptors (Lipinski definition) is 2. The predicted octanol–water partition coefficient (Wildman–Crippen LogP) is 4.24. The topological polar surface area (TPSA) is 29.3 Å². The SMILES string of the molecule is CCCN(c1cccc(Cl)c1CC(N)CC)C(C)C. The van der Waals surface area contributed by atoms with Gasteiger partial charge in [0.2, 0.25) is 0 Å². The molecule has 0 aliphatic heterocycles. The van der Waals surface area contributed by atoms with Crippen molar-refractivity contribution in [1.82, 2.24) is 0 Å². The van der Waals surface area contributed by atoms with E-state index in [1.54, 1.807) is 0 Å². The van der Waals surface area contributed by atoms with E-state index in [2.05, 4.69) is 38.7 Å². The smallest absolute Gasteiger partial charge is 0.0459 e. The third-order valence-corrected chi connectivity index (χ3v) is 3.84. The van der Waals surface area contributed by atoms with E-state index in [0.29, 0.717) is 6.04 Å². The molecular formula is C16H27ClN2. The highest BCUT2D eigenvalue weighted by Crippen LogP contribution is 2.30. The van der Waals surface area contributed by atoms with Gasteiger partial charge >= 0.3 is 0 Å². The fraction of sp³-hybridized carbons (Fsp3) is 0.625. The van der Waals surface area contributed by atoms with Gasteiger partial charge in [-0.3, -0.25) is 0 Å². The van der Waals surface area contributed by atoms with E-state index in [0.717, 1.165) is 30.8 Å². The standard InChI is InChI=1S/C16H27ClN2/c1-5-10-19(12(3)4)16-9-7-8-15(17)14(16)11-13(18)6-2/h7-9,12-13H,5-6,10-11,18H2,1-4H3. The summed E-state index contributed by atoms with van der Waals surface area (Å²) in [5.74, 6) is 0. The molecule has 0 aliphatic rings. The molecule has 0 saturated heterocycles. The summed E-state index contributed by atoms with van der Waals surface area (Å²) >= 11 is 6.40. The van der Waals surface area contributed by atoms with Gasteiger partial charge in [0.15, 0.2) is 0 Å². The molecule has 1 unspecified atom stereocenters. The van der Waals surface area contributed by atoms with Crippen LogP contribution < -0.4 is 10.6 Å². The van der Waals surface area contributed by atoms with E-state index in [1.165, 1.54) is 11.3 Å². The van der Waals surface area contributed by atoms with Gasteiger partial charge in [0.05, 0.1) is 0 Å². The van der Waals surface area contributed by atoms with Crippen molar-refractivity contribution in [2.24, 2.45) is 5.73 Å². The first kappa shape index (κ1) is 16.3. The molecule has 0 saturated carbocycles. The van der Waals surface area contributed by atoms with Crippen LogP contribution in [0, 0.1) is 0 Å². The zero-order valence-corrected chi connectivity index (χ0v) is 13.4. The van der Waals surface area contributed by atoms with Crippen LogP contribution in [-0.2, 0) is 6.42 Å². The predicted molar refractivity (Wildman–Crippen MR) is 86.2 cm³/mol. The van der Waals surface area contributed by atoms with Gasteiger partial charge in [-0.1, -0.05) is 31.5 Å². The normalized spacial score (nSPS) is 12.8. The maximum Gasteiger partial charge on any atom is 0.0459 e. The lowest BCUT2D eigenvalue weighted by Gasteiger charge is -2.31. The van der Waals surface area contributed by atoms with Gasteiger partial charge in [-0.25, -0.2) is 0 Å². The summed E-state index contributed by atoms with van der Waals surface area (Å²) in [6.07, 6.45) is 2.95. The van der Waals surface area contributed by atoms with Crippen molar-refractivity contribution >= 4 is 17.3 Å². The molecule has 1 aromatic carbocycles. The van der Waals surface area contributed by atoms with Crippen LogP contribution in [0.15, 0.2) is 18.2 Å². The van der Waals surface area contributed by atoms with E-state index in [1.807, 2.05) is 12.1 Å². The van der Waals surface area contributed by atoms with Crippen LogP contribution in [0.3, 0.4) is 0 Å². The quantitative estimate of drug-likeness (QED) is 0.810. The molecule has 0 aliphatic carbocycles. The summed E-state index contributed by atoms with van der Waals surface area (Å²) in [7, 11) is 0. The highest BCUT2D eigenvalue weighted by atomic mass is 35.5. The molecule has 0 amide bonds. The molecule has 0 spiro atoms. The Labute approximate surface area is 122 Å². The van der Waals surface area contributed by atoms with Crippen LogP contribution in [0.2, 0.25) is 5.02 Å². The Hall–Kier alpha value is -0.730. The average molecular weight is 283 g/mol. The number of hydrogen-bond donors (Lipinski definition) is 1. The zero-order valence-electron chi connectivity index (χ0n) is 12.6. The highest BCUT2D eigenvalue weighted by Gasteiger charge is 2.17. The minimum absolute atomic E-state index is 0.175. The van der Waals surface area contributed by atoms with Crippen molar-refractivity contribution in [2.45, 2.75) is 59.0 Å². The number of anilines is 1. The van der Waals surface area contributed by atoms with Crippen molar-refractivity contribution in [3.63, 3.8) is 0 Å². The van der Waals surface area contributed by atoms with Crippen molar-refractivity contribution in [2.75, 3.05) is 11.4 Å². The van der Waals surface area contributed by atoms with E-state index in [9.17, 15) is 0 Å². The second kappa shape index (κ2) is 7.76. The third kappa shape index (κ3) is 4.39.